The summed E-state index contributed by atoms with van der Waals surface area (Å²) < 4.78 is 1.24. The number of hydrogen-bond donors (Lipinski definition) is 3. The predicted molar refractivity (Wildman–Crippen MR) is 139 cm³/mol. The molecule has 0 spiro atoms. The van der Waals surface area contributed by atoms with Gasteiger partial charge in [0.2, 0.25) is 5.91 Å². The number of nitro benzene ring substituents is 1. The molecule has 3 rings (SSSR count). The van der Waals surface area contributed by atoms with Crippen molar-refractivity contribution in [3.05, 3.63) is 91.1 Å². The van der Waals surface area contributed by atoms with E-state index in [1.807, 2.05) is 37.3 Å². The second-order valence-electron chi connectivity index (χ2n) is 8.27. The number of benzene rings is 2. The van der Waals surface area contributed by atoms with Gasteiger partial charge < -0.3 is 16.0 Å². The molecule has 0 bridgehead atoms. The van der Waals surface area contributed by atoms with Crippen LogP contribution >= 0.6 is 0 Å². The van der Waals surface area contributed by atoms with E-state index in [1.54, 1.807) is 18.2 Å². The van der Waals surface area contributed by atoms with Crippen molar-refractivity contribution in [2.75, 3.05) is 29.0 Å². The zero-order valence-corrected chi connectivity index (χ0v) is 20.1. The van der Waals surface area contributed by atoms with E-state index in [4.69, 9.17) is 5.73 Å². The Hall–Kier alpha value is -4.41. The first-order valence-electron chi connectivity index (χ1n) is 11.8. The Morgan fingerprint density at radius 1 is 1.11 bits per heavy atom. The van der Waals surface area contributed by atoms with Crippen molar-refractivity contribution < 1.29 is 9.72 Å². The van der Waals surface area contributed by atoms with Gasteiger partial charge in [-0.1, -0.05) is 55.8 Å². The van der Waals surface area contributed by atoms with Gasteiger partial charge in [-0.25, -0.2) is 4.79 Å². The van der Waals surface area contributed by atoms with Gasteiger partial charge in [0.25, 0.3) is 11.2 Å². The topological polar surface area (TPSA) is 156 Å². The predicted octanol–water partition coefficient (Wildman–Crippen LogP) is 3.10. The third-order valence-corrected chi connectivity index (χ3v) is 5.69. The average molecular weight is 495 g/mol. The second kappa shape index (κ2) is 12.3. The number of H-pyrrole nitrogens is 1. The van der Waals surface area contributed by atoms with E-state index in [0.717, 1.165) is 12.0 Å². The quantitative estimate of drug-likeness (QED) is 0.198. The van der Waals surface area contributed by atoms with E-state index < -0.39 is 16.2 Å². The fraction of sp³-hybridized carbons (Fsp3) is 0.320. The molecule has 0 aliphatic heterocycles. The average Bonchev–Trinajstić information content (AvgIpc) is 2.87. The summed E-state index contributed by atoms with van der Waals surface area (Å²) >= 11 is 0. The van der Waals surface area contributed by atoms with Crippen LogP contribution in [-0.2, 0) is 11.3 Å². The lowest BCUT2D eigenvalue weighted by Crippen LogP contribution is -2.41. The third kappa shape index (κ3) is 6.38. The van der Waals surface area contributed by atoms with Crippen molar-refractivity contribution in [3.8, 4) is 0 Å². The van der Waals surface area contributed by atoms with Crippen LogP contribution in [0.15, 0.2) is 64.2 Å². The highest BCUT2D eigenvalue weighted by atomic mass is 16.6. The zero-order chi connectivity index (χ0) is 26.1. The highest BCUT2D eigenvalue weighted by Gasteiger charge is 2.24. The molecule has 3 aromatic rings. The number of carbonyl (C=O) groups is 1. The minimum Gasteiger partial charge on any atom is -0.383 e. The van der Waals surface area contributed by atoms with Crippen LogP contribution in [0.3, 0.4) is 0 Å². The first kappa shape index (κ1) is 26.2. The molecule has 0 fully saturated rings. The first-order chi connectivity index (χ1) is 17.3. The lowest BCUT2D eigenvalue weighted by Gasteiger charge is -2.24. The third-order valence-electron chi connectivity index (χ3n) is 5.69. The molecule has 1 aromatic heterocycles. The molecule has 0 unspecified atom stereocenters. The fourth-order valence-electron chi connectivity index (χ4n) is 3.82. The summed E-state index contributed by atoms with van der Waals surface area (Å²) in [5.41, 5.74) is 6.01. The van der Waals surface area contributed by atoms with Crippen molar-refractivity contribution in [3.63, 3.8) is 0 Å². The van der Waals surface area contributed by atoms with Crippen molar-refractivity contribution in [1.29, 1.82) is 0 Å². The van der Waals surface area contributed by atoms with Crippen molar-refractivity contribution >= 4 is 28.8 Å². The number of nitrogens with one attached hydrogen (secondary N) is 2. The number of aromatic nitrogens is 2. The molecule has 0 radical (unpaired) electrons. The SMILES string of the molecule is CCCCN(C(=O)CCCNc1ccccc1[N+](=O)[O-])c1c(N)n(Cc2ccccc2)c(=O)[nH]c1=O. The Balaban J connectivity index is 1.79. The van der Waals surface area contributed by atoms with Crippen LogP contribution in [0.25, 0.3) is 0 Å². The van der Waals surface area contributed by atoms with Gasteiger partial charge >= 0.3 is 5.69 Å². The Kier molecular flexibility index (Phi) is 8.98. The molecule has 0 saturated heterocycles. The fourth-order valence-corrected chi connectivity index (χ4v) is 3.82. The molecular formula is C25H30N6O5. The van der Waals surface area contributed by atoms with E-state index in [2.05, 4.69) is 10.3 Å². The van der Waals surface area contributed by atoms with Crippen LogP contribution < -0.4 is 27.2 Å². The first-order valence-corrected chi connectivity index (χ1v) is 11.8. The highest BCUT2D eigenvalue weighted by Crippen LogP contribution is 2.23. The number of anilines is 3. The van der Waals surface area contributed by atoms with Crippen LogP contribution in [0.1, 0.15) is 38.2 Å². The van der Waals surface area contributed by atoms with Crippen LogP contribution in [-0.4, -0.2) is 33.5 Å². The lowest BCUT2D eigenvalue weighted by atomic mass is 10.2. The molecule has 2 aromatic carbocycles. The Morgan fingerprint density at radius 3 is 2.50 bits per heavy atom. The molecular weight excluding hydrogens is 464 g/mol. The molecule has 0 aliphatic rings. The number of nitrogen functional groups attached to an aromatic ring is 1. The van der Waals surface area contributed by atoms with Gasteiger partial charge in [0, 0.05) is 25.6 Å². The number of rotatable bonds is 12. The molecule has 1 heterocycles. The molecule has 1 amide bonds. The summed E-state index contributed by atoms with van der Waals surface area (Å²) in [6.07, 6.45) is 1.87. The highest BCUT2D eigenvalue weighted by molar-refractivity contribution is 5.95. The maximum Gasteiger partial charge on any atom is 0.330 e. The van der Waals surface area contributed by atoms with Gasteiger partial charge in [0.1, 0.15) is 11.5 Å². The number of carbonyl (C=O) groups excluding carboxylic acids is 1. The van der Waals surface area contributed by atoms with Gasteiger partial charge in [-0.2, -0.15) is 0 Å². The van der Waals surface area contributed by atoms with Gasteiger partial charge in [0.15, 0.2) is 5.69 Å². The molecule has 0 aliphatic carbocycles. The van der Waals surface area contributed by atoms with E-state index in [9.17, 15) is 24.5 Å². The number of unbranched alkanes of at least 4 members (excludes halogenated alkanes) is 1. The van der Waals surface area contributed by atoms with Gasteiger partial charge in [-0.3, -0.25) is 29.3 Å². The summed E-state index contributed by atoms with van der Waals surface area (Å²) in [5, 5.41) is 14.2. The number of para-hydroxylation sites is 2. The Labute approximate surface area is 207 Å². The standard InChI is InChI=1S/C25H30N6O5/c1-2-3-16-29(21(32)14-9-15-27-19-12-7-8-13-20(19)31(35)36)22-23(26)30(25(34)28-24(22)33)17-18-10-5-4-6-11-18/h4-8,10-13,27H,2-3,9,14-17,26H2,1H3,(H,28,33,34). The molecule has 36 heavy (non-hydrogen) atoms. The van der Waals surface area contributed by atoms with Crippen molar-refractivity contribution in [2.45, 2.75) is 39.2 Å². The van der Waals surface area contributed by atoms with Gasteiger partial charge in [-0.05, 0) is 24.5 Å². The summed E-state index contributed by atoms with van der Waals surface area (Å²) in [7, 11) is 0. The van der Waals surface area contributed by atoms with Crippen molar-refractivity contribution in [2.24, 2.45) is 0 Å². The normalized spacial score (nSPS) is 10.7. The minimum atomic E-state index is -0.718. The summed E-state index contributed by atoms with van der Waals surface area (Å²) in [6, 6.07) is 15.5. The molecule has 0 atom stereocenters. The van der Waals surface area contributed by atoms with Crippen LogP contribution in [0.2, 0.25) is 0 Å². The van der Waals surface area contributed by atoms with Crippen LogP contribution in [0.5, 0.6) is 0 Å². The lowest BCUT2D eigenvalue weighted by molar-refractivity contribution is -0.384. The molecule has 11 nitrogen and oxygen atoms in total. The van der Waals surface area contributed by atoms with Crippen LogP contribution in [0, 0.1) is 10.1 Å². The van der Waals surface area contributed by atoms with E-state index in [-0.39, 0.29) is 42.6 Å². The van der Waals surface area contributed by atoms with E-state index in [1.165, 1.54) is 15.5 Å². The number of nitro groups is 1. The number of hydrogen-bond acceptors (Lipinski definition) is 7. The number of amides is 1. The summed E-state index contributed by atoms with van der Waals surface area (Å²) in [4.78, 5) is 52.8. The largest absolute Gasteiger partial charge is 0.383 e. The van der Waals surface area contributed by atoms with E-state index in [0.29, 0.717) is 25.1 Å². The molecule has 4 N–H and O–H groups in total. The maximum absolute atomic E-state index is 13.2. The maximum atomic E-state index is 13.2. The minimum absolute atomic E-state index is 0.0457. The smallest absolute Gasteiger partial charge is 0.330 e. The Bertz CT molecular complexity index is 1320. The Morgan fingerprint density at radius 2 is 1.81 bits per heavy atom. The van der Waals surface area contributed by atoms with E-state index >= 15 is 0 Å². The van der Waals surface area contributed by atoms with Gasteiger partial charge in [-0.15, -0.1) is 0 Å². The summed E-state index contributed by atoms with van der Waals surface area (Å²) in [6.45, 7) is 2.69. The van der Waals surface area contributed by atoms with Crippen molar-refractivity contribution in [1.82, 2.24) is 9.55 Å². The number of aromatic amines is 1. The summed E-state index contributed by atoms with van der Waals surface area (Å²) in [5.74, 6) is -0.398. The van der Waals surface area contributed by atoms with Crippen LogP contribution in [0.4, 0.5) is 22.9 Å². The monoisotopic (exact) mass is 494 g/mol. The molecule has 0 saturated carbocycles. The number of nitrogens with two attached hydrogens (primary N) is 1. The second-order valence-corrected chi connectivity index (χ2v) is 8.27. The zero-order valence-electron chi connectivity index (χ0n) is 20.1. The van der Waals surface area contributed by atoms with Gasteiger partial charge in [0.05, 0.1) is 11.5 Å². The molecule has 11 heteroatoms. The number of nitrogens with zero attached hydrogens (tertiary/aromatic N) is 3. The molecule has 190 valence electrons.